The quantitative estimate of drug-likeness (QED) is 0.520. The summed E-state index contributed by atoms with van der Waals surface area (Å²) in [5.41, 5.74) is 3.99. The Morgan fingerprint density at radius 1 is 1.24 bits per heavy atom. The Hall–Kier alpha value is -3.39. The van der Waals surface area contributed by atoms with E-state index >= 15 is 0 Å². The van der Waals surface area contributed by atoms with Gasteiger partial charge in [0.05, 0.1) is 11.7 Å². The smallest absolute Gasteiger partial charge is 0.325 e. The molecule has 1 N–H and O–H groups in total. The lowest BCUT2D eigenvalue weighted by Gasteiger charge is -2.37. The summed E-state index contributed by atoms with van der Waals surface area (Å²) < 4.78 is 6.97. The number of aryl methyl sites for hydroxylation is 1. The molecule has 0 bridgehead atoms. The predicted molar refractivity (Wildman–Crippen MR) is 128 cm³/mol. The van der Waals surface area contributed by atoms with E-state index in [2.05, 4.69) is 20.3 Å². The fraction of sp³-hybridized carbons (Fsp3) is 0.360. The average molecular weight is 480 g/mol. The number of amides is 1. The number of cyclic esters (lactones) is 1. The lowest BCUT2D eigenvalue weighted by atomic mass is 10.0. The molecular weight excluding hydrogens is 454 g/mol. The molecule has 0 spiro atoms. The normalized spacial score (nSPS) is 18.0. The number of nitrogens with zero attached hydrogens (tertiary/aromatic N) is 4. The third-order valence-electron chi connectivity index (χ3n) is 6.28. The van der Waals surface area contributed by atoms with Crippen LogP contribution in [-0.2, 0) is 16.1 Å². The van der Waals surface area contributed by atoms with E-state index in [-0.39, 0.29) is 31.0 Å². The van der Waals surface area contributed by atoms with Crippen molar-refractivity contribution in [2.24, 2.45) is 5.92 Å². The van der Waals surface area contributed by atoms with Crippen molar-refractivity contribution in [3.05, 3.63) is 70.8 Å². The zero-order valence-corrected chi connectivity index (χ0v) is 19.7. The monoisotopic (exact) mass is 479 g/mol. The topological polar surface area (TPSA) is 89.4 Å². The molecule has 9 heteroatoms. The summed E-state index contributed by atoms with van der Waals surface area (Å²) in [6.07, 6.45) is 6.53. The van der Waals surface area contributed by atoms with Crippen LogP contribution in [0.1, 0.15) is 40.7 Å². The van der Waals surface area contributed by atoms with Gasteiger partial charge in [-0.15, -0.1) is 0 Å². The molecule has 1 unspecified atom stereocenters. The first-order valence-electron chi connectivity index (χ1n) is 11.4. The van der Waals surface area contributed by atoms with Crippen molar-refractivity contribution < 1.29 is 14.3 Å². The molecule has 2 aromatic carbocycles. The number of rotatable bonds is 7. The second kappa shape index (κ2) is 9.46. The summed E-state index contributed by atoms with van der Waals surface area (Å²) >= 11 is 6.20. The highest BCUT2D eigenvalue weighted by Gasteiger charge is 2.34. The maximum atomic E-state index is 13.1. The number of halogens is 1. The average Bonchev–Trinajstić information content (AvgIpc) is 3.47. The van der Waals surface area contributed by atoms with Gasteiger partial charge in [-0.05, 0) is 66.8 Å². The fourth-order valence-corrected chi connectivity index (χ4v) is 4.61. The Kier molecular flexibility index (Phi) is 6.24. The van der Waals surface area contributed by atoms with Crippen molar-refractivity contribution in [1.29, 1.82) is 0 Å². The number of aromatic nitrogens is 3. The summed E-state index contributed by atoms with van der Waals surface area (Å²) in [5.74, 6) is 0.266. The first kappa shape index (κ1) is 22.4. The van der Waals surface area contributed by atoms with Gasteiger partial charge >= 0.3 is 5.97 Å². The van der Waals surface area contributed by atoms with Gasteiger partial charge in [0.1, 0.15) is 25.8 Å². The largest absolute Gasteiger partial charge is 0.462 e. The van der Waals surface area contributed by atoms with Crippen LogP contribution in [0, 0.1) is 12.8 Å². The molecule has 3 aromatic rings. The van der Waals surface area contributed by atoms with Gasteiger partial charge in [-0.25, -0.2) is 9.67 Å². The van der Waals surface area contributed by atoms with E-state index in [1.165, 1.54) is 19.2 Å². The number of ether oxygens (including phenoxy) is 1. The van der Waals surface area contributed by atoms with Gasteiger partial charge in [0.25, 0.3) is 5.91 Å². The minimum atomic E-state index is -0.235. The van der Waals surface area contributed by atoms with E-state index in [4.69, 9.17) is 16.3 Å². The number of morpholine rings is 1. The molecule has 5 rings (SSSR count). The predicted octanol–water partition coefficient (Wildman–Crippen LogP) is 3.69. The van der Waals surface area contributed by atoms with Gasteiger partial charge in [-0.3, -0.25) is 9.59 Å². The molecule has 1 aromatic heterocycles. The number of hydrogen-bond acceptors (Lipinski definition) is 6. The maximum Gasteiger partial charge on any atom is 0.325 e. The second-order valence-corrected chi connectivity index (χ2v) is 9.43. The van der Waals surface area contributed by atoms with Crippen molar-refractivity contribution in [1.82, 2.24) is 20.1 Å². The van der Waals surface area contributed by atoms with Gasteiger partial charge in [-0.2, -0.15) is 5.10 Å². The second-order valence-electron chi connectivity index (χ2n) is 9.00. The Morgan fingerprint density at radius 2 is 2.09 bits per heavy atom. The molecule has 1 aliphatic carbocycles. The molecule has 1 saturated carbocycles. The van der Waals surface area contributed by atoms with E-state index in [0.29, 0.717) is 23.1 Å². The Labute approximate surface area is 202 Å². The van der Waals surface area contributed by atoms with Crippen molar-refractivity contribution in [2.45, 2.75) is 38.8 Å². The van der Waals surface area contributed by atoms with Gasteiger partial charge in [0.2, 0.25) is 0 Å². The number of carbonyl (C=O) groups is 2. The lowest BCUT2D eigenvalue weighted by Crippen LogP contribution is -2.48. The molecule has 34 heavy (non-hydrogen) atoms. The lowest BCUT2D eigenvalue weighted by molar-refractivity contribution is -0.145. The third-order valence-corrected chi connectivity index (χ3v) is 6.52. The van der Waals surface area contributed by atoms with E-state index in [1.54, 1.807) is 17.1 Å². The van der Waals surface area contributed by atoms with Crippen LogP contribution in [-0.4, -0.2) is 45.8 Å². The van der Waals surface area contributed by atoms with Crippen LogP contribution >= 0.6 is 11.6 Å². The summed E-state index contributed by atoms with van der Waals surface area (Å²) in [6, 6.07) is 11.3. The minimum Gasteiger partial charge on any atom is -0.462 e. The molecular formula is C25H26ClN5O3. The molecule has 2 aliphatic rings. The summed E-state index contributed by atoms with van der Waals surface area (Å²) in [4.78, 5) is 31.3. The van der Waals surface area contributed by atoms with Gasteiger partial charge in [0, 0.05) is 22.8 Å². The zero-order chi connectivity index (χ0) is 23.7. The summed E-state index contributed by atoms with van der Waals surface area (Å²) in [6.45, 7) is 2.83. The first-order chi connectivity index (χ1) is 16.5. The molecule has 1 atom stereocenters. The number of carbonyl (C=O) groups excluding carboxylic acids is 2. The number of hydrogen-bond donors (Lipinski definition) is 1. The number of esters is 1. The van der Waals surface area contributed by atoms with Crippen LogP contribution in [0.2, 0.25) is 5.02 Å². The Bertz CT molecular complexity index is 1210. The highest BCUT2D eigenvalue weighted by molar-refractivity contribution is 6.30. The van der Waals surface area contributed by atoms with Crippen molar-refractivity contribution in [2.75, 3.05) is 18.1 Å². The van der Waals surface area contributed by atoms with E-state index in [0.717, 1.165) is 28.9 Å². The first-order valence-corrected chi connectivity index (χ1v) is 11.8. The Morgan fingerprint density at radius 3 is 2.85 bits per heavy atom. The Balaban J connectivity index is 1.35. The zero-order valence-electron chi connectivity index (χ0n) is 18.9. The number of anilines is 1. The van der Waals surface area contributed by atoms with Crippen LogP contribution in [0.25, 0.3) is 5.69 Å². The maximum absolute atomic E-state index is 13.1. The number of benzene rings is 2. The standard InChI is InChI=1S/C25H26ClN5O3/c1-16-6-18(10-21(7-16)30-12-24(32)34-13-22(30)8-17-2-3-17)25(33)28-11-19-9-20(26)4-5-23(19)31-15-27-14-29-31/h4-7,9-10,14-15,17,22H,2-3,8,11-13H2,1H3,(H,28,33). The molecule has 2 fully saturated rings. The summed E-state index contributed by atoms with van der Waals surface area (Å²) in [7, 11) is 0. The molecule has 0 radical (unpaired) electrons. The van der Waals surface area contributed by atoms with Gasteiger partial charge < -0.3 is 15.0 Å². The molecule has 176 valence electrons. The molecule has 2 heterocycles. The molecule has 1 aliphatic heterocycles. The minimum absolute atomic E-state index is 0.139. The van der Waals surface area contributed by atoms with Gasteiger partial charge in [0.15, 0.2) is 0 Å². The SMILES string of the molecule is Cc1cc(C(=O)NCc2cc(Cl)ccc2-n2cncn2)cc(N2CC(=O)OCC2CC2CC2)c1. The van der Waals surface area contributed by atoms with Crippen molar-refractivity contribution in [3.63, 3.8) is 0 Å². The van der Waals surface area contributed by atoms with E-state index in [1.807, 2.05) is 37.3 Å². The highest BCUT2D eigenvalue weighted by atomic mass is 35.5. The van der Waals surface area contributed by atoms with Crippen LogP contribution < -0.4 is 10.2 Å². The van der Waals surface area contributed by atoms with Crippen molar-refractivity contribution >= 4 is 29.2 Å². The van der Waals surface area contributed by atoms with Crippen LogP contribution in [0.4, 0.5) is 5.69 Å². The van der Waals surface area contributed by atoms with Gasteiger partial charge in [-0.1, -0.05) is 24.4 Å². The third kappa shape index (κ3) is 5.07. The van der Waals surface area contributed by atoms with Crippen molar-refractivity contribution in [3.8, 4) is 5.69 Å². The number of nitrogens with one attached hydrogen (secondary N) is 1. The van der Waals surface area contributed by atoms with Crippen LogP contribution in [0.15, 0.2) is 49.1 Å². The molecule has 8 nitrogen and oxygen atoms in total. The molecule has 1 saturated heterocycles. The fourth-order valence-electron chi connectivity index (χ4n) is 4.42. The van der Waals surface area contributed by atoms with Crippen LogP contribution in [0.5, 0.6) is 0 Å². The van der Waals surface area contributed by atoms with E-state index < -0.39 is 0 Å². The van der Waals surface area contributed by atoms with E-state index in [9.17, 15) is 9.59 Å². The summed E-state index contributed by atoms with van der Waals surface area (Å²) in [5, 5.41) is 7.75. The van der Waals surface area contributed by atoms with Crippen LogP contribution in [0.3, 0.4) is 0 Å². The molecule has 1 amide bonds. The highest BCUT2D eigenvalue weighted by Crippen LogP contribution is 2.36.